The standard InChI is InChI=1S/C23H25N3O3/c1-18(27)21-7-9-22(10-8-21)29-17-23(28)26-12-2-11-25(13-14-26)16-20-5-3-19(15-24)4-6-20/h3-10H,2,11-14,16-17H2,1H3. The summed E-state index contributed by atoms with van der Waals surface area (Å²) < 4.78 is 5.60. The van der Waals surface area contributed by atoms with Crippen molar-refractivity contribution < 1.29 is 14.3 Å². The Labute approximate surface area is 171 Å². The second-order valence-corrected chi connectivity index (χ2v) is 7.19. The van der Waals surface area contributed by atoms with Crippen molar-refractivity contribution in [2.24, 2.45) is 0 Å². The van der Waals surface area contributed by atoms with Crippen molar-refractivity contribution in [3.8, 4) is 11.8 Å². The highest BCUT2D eigenvalue weighted by Gasteiger charge is 2.19. The molecule has 2 aromatic carbocycles. The van der Waals surface area contributed by atoms with E-state index in [1.165, 1.54) is 12.5 Å². The van der Waals surface area contributed by atoms with E-state index in [4.69, 9.17) is 10.00 Å². The van der Waals surface area contributed by atoms with Gasteiger partial charge in [-0.2, -0.15) is 5.26 Å². The first-order chi connectivity index (χ1) is 14.0. The lowest BCUT2D eigenvalue weighted by Gasteiger charge is -2.22. The molecule has 29 heavy (non-hydrogen) atoms. The number of hydrogen-bond donors (Lipinski definition) is 0. The van der Waals surface area contributed by atoms with E-state index >= 15 is 0 Å². The summed E-state index contributed by atoms with van der Waals surface area (Å²) in [5, 5.41) is 8.90. The minimum atomic E-state index is -0.0270. The van der Waals surface area contributed by atoms with Crippen LogP contribution in [-0.2, 0) is 11.3 Å². The quantitative estimate of drug-likeness (QED) is 0.708. The van der Waals surface area contributed by atoms with Crippen LogP contribution in [0.2, 0.25) is 0 Å². The van der Waals surface area contributed by atoms with Gasteiger partial charge in [-0.15, -0.1) is 0 Å². The maximum Gasteiger partial charge on any atom is 0.260 e. The van der Waals surface area contributed by atoms with Crippen molar-refractivity contribution in [2.45, 2.75) is 19.9 Å². The monoisotopic (exact) mass is 391 g/mol. The zero-order valence-electron chi connectivity index (χ0n) is 16.6. The van der Waals surface area contributed by atoms with Crippen molar-refractivity contribution in [1.29, 1.82) is 5.26 Å². The van der Waals surface area contributed by atoms with E-state index in [0.29, 0.717) is 23.4 Å². The highest BCUT2D eigenvalue weighted by atomic mass is 16.5. The molecule has 1 aliphatic heterocycles. The Hall–Kier alpha value is -3.17. The van der Waals surface area contributed by atoms with Gasteiger partial charge in [0, 0.05) is 38.3 Å². The Morgan fingerprint density at radius 1 is 1.00 bits per heavy atom. The van der Waals surface area contributed by atoms with E-state index in [0.717, 1.165) is 32.6 Å². The Morgan fingerprint density at radius 3 is 2.38 bits per heavy atom. The van der Waals surface area contributed by atoms with E-state index in [9.17, 15) is 9.59 Å². The van der Waals surface area contributed by atoms with Gasteiger partial charge in [0.15, 0.2) is 12.4 Å². The highest BCUT2D eigenvalue weighted by molar-refractivity contribution is 5.94. The van der Waals surface area contributed by atoms with Crippen molar-refractivity contribution in [1.82, 2.24) is 9.80 Å². The SMILES string of the molecule is CC(=O)c1ccc(OCC(=O)N2CCCN(Cc3ccc(C#N)cc3)CC2)cc1. The summed E-state index contributed by atoms with van der Waals surface area (Å²) in [5.41, 5.74) is 2.46. The van der Waals surface area contributed by atoms with Gasteiger partial charge >= 0.3 is 0 Å². The largest absolute Gasteiger partial charge is 0.484 e. The van der Waals surface area contributed by atoms with Gasteiger partial charge in [-0.05, 0) is 55.3 Å². The van der Waals surface area contributed by atoms with E-state index in [-0.39, 0.29) is 18.3 Å². The fourth-order valence-corrected chi connectivity index (χ4v) is 3.34. The normalized spacial score (nSPS) is 14.7. The van der Waals surface area contributed by atoms with Crippen LogP contribution in [0.4, 0.5) is 0 Å². The maximum atomic E-state index is 12.5. The lowest BCUT2D eigenvalue weighted by Crippen LogP contribution is -2.38. The molecular weight excluding hydrogens is 366 g/mol. The summed E-state index contributed by atoms with van der Waals surface area (Å²) in [6.45, 7) is 5.44. The molecule has 6 nitrogen and oxygen atoms in total. The van der Waals surface area contributed by atoms with Crippen LogP contribution in [0.15, 0.2) is 48.5 Å². The van der Waals surface area contributed by atoms with Crippen LogP contribution in [0.5, 0.6) is 5.75 Å². The van der Waals surface area contributed by atoms with Gasteiger partial charge in [0.25, 0.3) is 5.91 Å². The second-order valence-electron chi connectivity index (χ2n) is 7.19. The number of Topliss-reactive ketones (excluding diaryl/α,β-unsaturated/α-hetero) is 1. The van der Waals surface area contributed by atoms with Crippen LogP contribution in [0.3, 0.4) is 0 Å². The summed E-state index contributed by atoms with van der Waals surface area (Å²) in [6.07, 6.45) is 0.912. The number of benzene rings is 2. The molecule has 0 aromatic heterocycles. The molecule has 1 amide bonds. The summed E-state index contributed by atoms with van der Waals surface area (Å²) in [6, 6.07) is 16.6. The van der Waals surface area contributed by atoms with Crippen molar-refractivity contribution >= 4 is 11.7 Å². The minimum Gasteiger partial charge on any atom is -0.484 e. The maximum absolute atomic E-state index is 12.5. The number of ether oxygens (including phenoxy) is 1. The molecule has 1 fully saturated rings. The molecule has 0 bridgehead atoms. The highest BCUT2D eigenvalue weighted by Crippen LogP contribution is 2.14. The molecule has 2 aromatic rings. The smallest absolute Gasteiger partial charge is 0.260 e. The first-order valence-corrected chi connectivity index (χ1v) is 9.78. The number of carbonyl (C=O) groups is 2. The third-order valence-electron chi connectivity index (χ3n) is 5.05. The number of ketones is 1. The van der Waals surface area contributed by atoms with E-state index < -0.39 is 0 Å². The first-order valence-electron chi connectivity index (χ1n) is 9.78. The van der Waals surface area contributed by atoms with Gasteiger partial charge in [0.2, 0.25) is 0 Å². The predicted octanol–water partition coefficient (Wildman–Crippen LogP) is 2.87. The molecule has 0 spiro atoms. The molecule has 1 heterocycles. The molecule has 1 saturated heterocycles. The number of rotatable bonds is 6. The van der Waals surface area contributed by atoms with Gasteiger partial charge < -0.3 is 9.64 Å². The average Bonchev–Trinajstić information content (AvgIpc) is 2.98. The summed E-state index contributed by atoms with van der Waals surface area (Å²) >= 11 is 0. The molecule has 150 valence electrons. The second kappa shape index (κ2) is 9.85. The van der Waals surface area contributed by atoms with Gasteiger partial charge in [-0.3, -0.25) is 14.5 Å². The average molecular weight is 391 g/mol. The van der Waals surface area contributed by atoms with Crippen LogP contribution >= 0.6 is 0 Å². The summed E-state index contributed by atoms with van der Waals surface area (Å²) in [5.74, 6) is 0.559. The fourth-order valence-electron chi connectivity index (χ4n) is 3.34. The van der Waals surface area contributed by atoms with Crippen LogP contribution in [0.1, 0.15) is 34.8 Å². The van der Waals surface area contributed by atoms with Crippen molar-refractivity contribution in [3.63, 3.8) is 0 Å². The number of nitrogens with zero attached hydrogens (tertiary/aromatic N) is 3. The van der Waals surface area contributed by atoms with Crippen LogP contribution in [-0.4, -0.2) is 54.3 Å². The lowest BCUT2D eigenvalue weighted by molar-refractivity contribution is -0.133. The fraction of sp³-hybridized carbons (Fsp3) is 0.348. The Balaban J connectivity index is 1.47. The van der Waals surface area contributed by atoms with Gasteiger partial charge in [-0.25, -0.2) is 0 Å². The Kier molecular flexibility index (Phi) is 6.99. The Bertz CT molecular complexity index is 885. The number of amides is 1. The molecule has 0 saturated carbocycles. The zero-order chi connectivity index (χ0) is 20.6. The predicted molar refractivity (Wildman–Crippen MR) is 110 cm³/mol. The topological polar surface area (TPSA) is 73.6 Å². The van der Waals surface area contributed by atoms with E-state index in [1.54, 1.807) is 24.3 Å². The first kappa shape index (κ1) is 20.6. The molecule has 3 rings (SSSR count). The molecule has 0 radical (unpaired) electrons. The third kappa shape index (κ3) is 5.90. The molecule has 0 N–H and O–H groups in total. The van der Waals surface area contributed by atoms with Gasteiger partial charge in [0.05, 0.1) is 11.6 Å². The zero-order valence-corrected chi connectivity index (χ0v) is 16.6. The molecular formula is C23H25N3O3. The third-order valence-corrected chi connectivity index (χ3v) is 5.05. The van der Waals surface area contributed by atoms with E-state index in [2.05, 4.69) is 11.0 Å². The van der Waals surface area contributed by atoms with Crippen LogP contribution in [0, 0.1) is 11.3 Å². The minimum absolute atomic E-state index is 0.00255. The molecule has 1 aliphatic rings. The summed E-state index contributed by atoms with van der Waals surface area (Å²) in [4.78, 5) is 28.0. The Morgan fingerprint density at radius 2 is 1.72 bits per heavy atom. The number of hydrogen-bond acceptors (Lipinski definition) is 5. The van der Waals surface area contributed by atoms with Gasteiger partial charge in [0.1, 0.15) is 5.75 Å². The molecule has 6 heteroatoms. The van der Waals surface area contributed by atoms with Crippen LogP contribution in [0.25, 0.3) is 0 Å². The molecule has 0 atom stereocenters. The summed E-state index contributed by atoms with van der Waals surface area (Å²) in [7, 11) is 0. The lowest BCUT2D eigenvalue weighted by atomic mass is 10.1. The van der Waals surface area contributed by atoms with Crippen molar-refractivity contribution in [3.05, 3.63) is 65.2 Å². The number of carbonyl (C=O) groups excluding carboxylic acids is 2. The van der Waals surface area contributed by atoms with Crippen molar-refractivity contribution in [2.75, 3.05) is 32.8 Å². The van der Waals surface area contributed by atoms with E-state index in [1.807, 2.05) is 29.2 Å². The number of nitriles is 1. The van der Waals surface area contributed by atoms with Crippen LogP contribution < -0.4 is 4.74 Å². The molecule has 0 unspecified atom stereocenters. The molecule has 0 aliphatic carbocycles. The van der Waals surface area contributed by atoms with Gasteiger partial charge in [-0.1, -0.05) is 12.1 Å².